The zero-order chi connectivity index (χ0) is 19.7. The summed E-state index contributed by atoms with van der Waals surface area (Å²) in [6.45, 7) is 2.00. The largest absolute Gasteiger partial charge is 0.506 e. The van der Waals surface area contributed by atoms with Crippen molar-refractivity contribution < 1.29 is 19.7 Å². The highest BCUT2D eigenvalue weighted by Crippen LogP contribution is 2.45. The molecule has 2 fully saturated rings. The summed E-state index contributed by atoms with van der Waals surface area (Å²) in [6.07, 6.45) is 3.49. The molecule has 2 aliphatic rings. The van der Waals surface area contributed by atoms with E-state index in [4.69, 9.17) is 4.74 Å². The van der Waals surface area contributed by atoms with E-state index in [0.29, 0.717) is 30.5 Å². The van der Waals surface area contributed by atoms with E-state index in [1.54, 1.807) is 13.2 Å². The van der Waals surface area contributed by atoms with Crippen LogP contribution in [0.1, 0.15) is 28.9 Å². The van der Waals surface area contributed by atoms with Crippen LogP contribution in [0.15, 0.2) is 42.6 Å². The van der Waals surface area contributed by atoms with Crippen molar-refractivity contribution in [1.29, 1.82) is 0 Å². The number of carbonyl (C=O) groups excluding carboxylic acids is 1. The fourth-order valence-corrected chi connectivity index (χ4v) is 4.79. The number of hydrogen-bond donors (Lipinski definition) is 2. The summed E-state index contributed by atoms with van der Waals surface area (Å²) in [4.78, 5) is 18.6. The van der Waals surface area contributed by atoms with E-state index in [2.05, 4.69) is 9.88 Å². The fourth-order valence-electron chi connectivity index (χ4n) is 4.79. The standard InChI is InChI=1S/C22H26N2O4/c1-28-19-5-2-15(3-6-19)8-22(27)9-16-12-24(13-17(16)10-22)14-21(26)20-7-4-18(25)11-23-20/h2-7,11,16-17,25,27H,8-10,12-14H2,1H3/t16-,17-/m0/s1. The molecule has 0 spiro atoms. The fraction of sp³-hybridized carbons (Fsp3) is 0.455. The first-order chi connectivity index (χ1) is 13.4. The predicted molar refractivity (Wildman–Crippen MR) is 105 cm³/mol. The zero-order valence-corrected chi connectivity index (χ0v) is 16.0. The van der Waals surface area contributed by atoms with Crippen LogP contribution >= 0.6 is 0 Å². The molecule has 1 aromatic carbocycles. The number of ketones is 1. The summed E-state index contributed by atoms with van der Waals surface area (Å²) in [5.74, 6) is 1.69. The molecule has 2 atom stereocenters. The van der Waals surface area contributed by atoms with Crippen LogP contribution in [0.5, 0.6) is 11.5 Å². The van der Waals surface area contributed by atoms with Crippen molar-refractivity contribution in [3.8, 4) is 11.5 Å². The van der Waals surface area contributed by atoms with E-state index < -0.39 is 5.60 Å². The van der Waals surface area contributed by atoms with E-state index >= 15 is 0 Å². The number of aliphatic hydroxyl groups is 1. The molecule has 0 bridgehead atoms. The highest BCUT2D eigenvalue weighted by molar-refractivity contribution is 5.95. The third-order valence-electron chi connectivity index (χ3n) is 6.03. The molecule has 0 radical (unpaired) electrons. The van der Waals surface area contributed by atoms with Crippen LogP contribution in [-0.4, -0.2) is 58.2 Å². The lowest BCUT2D eigenvalue weighted by Gasteiger charge is -2.26. The maximum atomic E-state index is 12.4. The smallest absolute Gasteiger partial charge is 0.195 e. The Bertz CT molecular complexity index is 821. The number of pyridine rings is 1. The molecule has 6 nitrogen and oxygen atoms in total. The van der Waals surface area contributed by atoms with Crippen LogP contribution in [-0.2, 0) is 6.42 Å². The summed E-state index contributed by atoms with van der Waals surface area (Å²) in [5.41, 5.74) is 0.831. The number of aromatic hydroxyl groups is 1. The number of hydrogen-bond acceptors (Lipinski definition) is 6. The minimum Gasteiger partial charge on any atom is -0.506 e. The second-order valence-electron chi connectivity index (χ2n) is 8.20. The Labute approximate surface area is 164 Å². The molecular weight excluding hydrogens is 356 g/mol. The number of rotatable bonds is 6. The third-order valence-corrected chi connectivity index (χ3v) is 6.03. The van der Waals surface area contributed by atoms with Gasteiger partial charge in [-0.2, -0.15) is 0 Å². The zero-order valence-electron chi connectivity index (χ0n) is 16.0. The summed E-state index contributed by atoms with van der Waals surface area (Å²) in [5, 5.41) is 20.4. The van der Waals surface area contributed by atoms with Crippen LogP contribution in [0, 0.1) is 11.8 Å². The summed E-state index contributed by atoms with van der Waals surface area (Å²) in [7, 11) is 1.65. The molecule has 1 aliphatic heterocycles. The normalized spacial score (nSPS) is 23.5. The van der Waals surface area contributed by atoms with Gasteiger partial charge in [0.1, 0.15) is 17.2 Å². The molecule has 1 aromatic heterocycles. The van der Waals surface area contributed by atoms with Gasteiger partial charge in [-0.15, -0.1) is 0 Å². The maximum absolute atomic E-state index is 12.4. The van der Waals surface area contributed by atoms with Gasteiger partial charge in [-0.1, -0.05) is 12.1 Å². The van der Waals surface area contributed by atoms with Gasteiger partial charge in [-0.3, -0.25) is 9.69 Å². The minimum absolute atomic E-state index is 0.0338. The number of methoxy groups -OCH3 is 1. The first-order valence-electron chi connectivity index (χ1n) is 9.70. The van der Waals surface area contributed by atoms with E-state index in [-0.39, 0.29) is 11.5 Å². The topological polar surface area (TPSA) is 82.9 Å². The van der Waals surface area contributed by atoms with Crippen molar-refractivity contribution >= 4 is 5.78 Å². The van der Waals surface area contributed by atoms with Crippen LogP contribution in [0.2, 0.25) is 0 Å². The van der Waals surface area contributed by atoms with Crippen molar-refractivity contribution in [1.82, 2.24) is 9.88 Å². The number of carbonyl (C=O) groups is 1. The first kappa shape index (κ1) is 18.9. The predicted octanol–water partition coefficient (Wildman–Crippen LogP) is 2.29. The SMILES string of the molecule is COc1ccc(CC2(O)C[C@H]3CN(CC(=O)c4ccc(O)cn4)C[C@@H]3C2)cc1. The lowest BCUT2D eigenvalue weighted by Crippen LogP contribution is -2.34. The molecule has 1 saturated carbocycles. The quantitative estimate of drug-likeness (QED) is 0.746. The van der Waals surface area contributed by atoms with Gasteiger partial charge in [-0.05, 0) is 54.5 Å². The number of aromatic nitrogens is 1. The van der Waals surface area contributed by atoms with Gasteiger partial charge in [-0.25, -0.2) is 4.98 Å². The summed E-state index contributed by atoms with van der Waals surface area (Å²) >= 11 is 0. The van der Waals surface area contributed by atoms with Gasteiger partial charge >= 0.3 is 0 Å². The molecule has 28 heavy (non-hydrogen) atoms. The van der Waals surface area contributed by atoms with Gasteiger partial charge in [0.2, 0.25) is 0 Å². The van der Waals surface area contributed by atoms with Crippen molar-refractivity contribution in [3.63, 3.8) is 0 Å². The molecule has 0 amide bonds. The van der Waals surface area contributed by atoms with Gasteiger partial charge in [0.05, 0.1) is 25.5 Å². The Morgan fingerprint density at radius 2 is 1.86 bits per heavy atom. The van der Waals surface area contributed by atoms with Crippen molar-refractivity contribution in [3.05, 3.63) is 53.9 Å². The van der Waals surface area contributed by atoms with Crippen LogP contribution in [0.4, 0.5) is 0 Å². The molecule has 2 aromatic rings. The van der Waals surface area contributed by atoms with Gasteiger partial charge in [0, 0.05) is 19.5 Å². The van der Waals surface area contributed by atoms with Crippen LogP contribution < -0.4 is 4.74 Å². The molecule has 1 saturated heterocycles. The van der Waals surface area contributed by atoms with Crippen molar-refractivity contribution in [2.24, 2.45) is 11.8 Å². The molecule has 6 heteroatoms. The molecule has 2 heterocycles. The number of fused-ring (bicyclic) bond motifs is 1. The Hall–Kier alpha value is -2.44. The number of ether oxygens (including phenoxy) is 1. The second-order valence-corrected chi connectivity index (χ2v) is 8.20. The number of likely N-dealkylation sites (tertiary alicyclic amines) is 1. The Morgan fingerprint density at radius 1 is 1.18 bits per heavy atom. The maximum Gasteiger partial charge on any atom is 0.195 e. The molecule has 4 rings (SSSR count). The molecular formula is C22H26N2O4. The summed E-state index contributed by atoms with van der Waals surface area (Å²) in [6, 6.07) is 10.9. The van der Waals surface area contributed by atoms with Gasteiger partial charge < -0.3 is 14.9 Å². The molecule has 1 aliphatic carbocycles. The highest BCUT2D eigenvalue weighted by atomic mass is 16.5. The molecule has 0 unspecified atom stereocenters. The van der Waals surface area contributed by atoms with Crippen molar-refractivity contribution in [2.45, 2.75) is 24.9 Å². The minimum atomic E-state index is -0.668. The Balaban J connectivity index is 1.32. The molecule has 148 valence electrons. The van der Waals surface area contributed by atoms with Gasteiger partial charge in [0.15, 0.2) is 5.78 Å². The lowest BCUT2D eigenvalue weighted by atomic mass is 9.91. The number of nitrogens with zero attached hydrogens (tertiary/aromatic N) is 2. The van der Waals surface area contributed by atoms with E-state index in [1.165, 1.54) is 12.3 Å². The highest BCUT2D eigenvalue weighted by Gasteiger charge is 2.48. The number of Topliss-reactive ketones (excluding diaryl/α,β-unsaturated/α-hetero) is 1. The van der Waals surface area contributed by atoms with Crippen LogP contribution in [0.3, 0.4) is 0 Å². The molecule has 2 N–H and O–H groups in total. The monoisotopic (exact) mass is 382 g/mol. The lowest BCUT2D eigenvalue weighted by molar-refractivity contribution is 0.0355. The Morgan fingerprint density at radius 3 is 2.43 bits per heavy atom. The summed E-state index contributed by atoms with van der Waals surface area (Å²) < 4.78 is 5.19. The van der Waals surface area contributed by atoms with Crippen molar-refractivity contribution in [2.75, 3.05) is 26.7 Å². The average Bonchev–Trinajstić information content (AvgIpc) is 3.16. The Kier molecular flexibility index (Phi) is 5.08. The van der Waals surface area contributed by atoms with E-state index in [9.17, 15) is 15.0 Å². The van der Waals surface area contributed by atoms with E-state index in [1.807, 2.05) is 24.3 Å². The average molecular weight is 382 g/mol. The first-order valence-corrected chi connectivity index (χ1v) is 9.70. The van der Waals surface area contributed by atoms with E-state index in [0.717, 1.165) is 37.2 Å². The second kappa shape index (κ2) is 7.53. The number of benzene rings is 1. The van der Waals surface area contributed by atoms with Gasteiger partial charge in [0.25, 0.3) is 0 Å². The third kappa shape index (κ3) is 4.03. The van der Waals surface area contributed by atoms with Crippen LogP contribution in [0.25, 0.3) is 0 Å².